The lowest BCUT2D eigenvalue weighted by atomic mass is 9.90. The lowest BCUT2D eigenvalue weighted by Gasteiger charge is -2.31. The van der Waals surface area contributed by atoms with Crippen molar-refractivity contribution in [1.29, 1.82) is 0 Å². The fourth-order valence-electron chi connectivity index (χ4n) is 4.14. The Kier molecular flexibility index (Phi) is 7.69. The summed E-state index contributed by atoms with van der Waals surface area (Å²) in [6.45, 7) is 3.91. The molecule has 34 heavy (non-hydrogen) atoms. The minimum absolute atomic E-state index is 0.0135. The summed E-state index contributed by atoms with van der Waals surface area (Å²) in [5, 5.41) is 13.1. The second-order valence-corrected chi connectivity index (χ2v) is 9.11. The van der Waals surface area contributed by atoms with E-state index in [0.29, 0.717) is 36.0 Å². The van der Waals surface area contributed by atoms with Gasteiger partial charge in [-0.1, -0.05) is 6.92 Å². The molecule has 0 saturated carbocycles. The number of rotatable bonds is 8. The zero-order valence-corrected chi connectivity index (χ0v) is 20.1. The second-order valence-electron chi connectivity index (χ2n) is 8.25. The highest BCUT2D eigenvalue weighted by Crippen LogP contribution is 2.41. The maximum atomic E-state index is 13.5. The van der Waals surface area contributed by atoms with Gasteiger partial charge in [0.1, 0.15) is 28.8 Å². The number of piperidine rings is 1. The normalized spacial score (nSPS) is 14.4. The molecule has 1 aliphatic heterocycles. The third kappa shape index (κ3) is 5.18. The molecule has 3 aromatic rings. The van der Waals surface area contributed by atoms with E-state index in [1.165, 1.54) is 30.6 Å². The van der Waals surface area contributed by atoms with Gasteiger partial charge < -0.3 is 15.0 Å². The Morgan fingerprint density at radius 2 is 2.00 bits per heavy atom. The van der Waals surface area contributed by atoms with Crippen LogP contribution in [0.3, 0.4) is 0 Å². The van der Waals surface area contributed by atoms with Gasteiger partial charge in [0.15, 0.2) is 0 Å². The van der Waals surface area contributed by atoms with Gasteiger partial charge in [0.05, 0.1) is 5.56 Å². The number of carbonyl (C=O) groups excluding carboxylic acids is 2. The van der Waals surface area contributed by atoms with Gasteiger partial charge in [0, 0.05) is 49.3 Å². The molecule has 2 N–H and O–H groups in total. The van der Waals surface area contributed by atoms with Gasteiger partial charge >= 0.3 is 0 Å². The van der Waals surface area contributed by atoms with Crippen molar-refractivity contribution >= 4 is 23.2 Å². The third-order valence-corrected chi connectivity index (χ3v) is 6.78. The van der Waals surface area contributed by atoms with Crippen LogP contribution in [0.25, 0.3) is 21.8 Å². The molecule has 0 radical (unpaired) electrons. The average molecular weight is 486 g/mol. The molecule has 2 aromatic heterocycles. The van der Waals surface area contributed by atoms with Gasteiger partial charge in [-0.2, -0.15) is 5.10 Å². The monoisotopic (exact) mass is 485 g/mol. The van der Waals surface area contributed by atoms with Gasteiger partial charge in [-0.05, 0) is 43.5 Å². The van der Waals surface area contributed by atoms with E-state index in [0.717, 1.165) is 36.1 Å². The third-order valence-electron chi connectivity index (χ3n) is 5.92. The first kappa shape index (κ1) is 24.0. The van der Waals surface area contributed by atoms with Crippen molar-refractivity contribution in [2.45, 2.75) is 32.1 Å². The average Bonchev–Trinajstić information content (AvgIpc) is 3.51. The van der Waals surface area contributed by atoms with E-state index in [1.807, 2.05) is 11.8 Å². The van der Waals surface area contributed by atoms with Crippen molar-refractivity contribution in [3.8, 4) is 21.8 Å². The zero-order chi connectivity index (χ0) is 24.1. The topological polar surface area (TPSA) is 100 Å². The summed E-state index contributed by atoms with van der Waals surface area (Å²) in [5.41, 5.74) is 3.55. The number of likely N-dealkylation sites (tertiary alicyclic amines) is 1. The number of nitrogens with zero attached hydrogens (tertiary/aromatic N) is 3. The number of methoxy groups -OCH3 is 1. The number of carbonyl (C=O) groups is 2. The highest BCUT2D eigenvalue weighted by Gasteiger charge is 2.30. The first-order chi connectivity index (χ1) is 16.5. The number of aromatic amines is 1. The minimum Gasteiger partial charge on any atom is -0.375 e. The van der Waals surface area contributed by atoms with Crippen molar-refractivity contribution in [1.82, 2.24) is 25.4 Å². The predicted molar refractivity (Wildman–Crippen MR) is 128 cm³/mol. The van der Waals surface area contributed by atoms with Crippen LogP contribution in [0.1, 0.15) is 48.3 Å². The zero-order valence-electron chi connectivity index (χ0n) is 19.3. The van der Waals surface area contributed by atoms with E-state index in [4.69, 9.17) is 4.74 Å². The van der Waals surface area contributed by atoms with Crippen LogP contribution in [0, 0.1) is 5.82 Å². The Balaban J connectivity index is 1.66. The standard InChI is InChI=1S/C24H28FN5O3S/c1-3-10-26-23(32)18-14-34-24(27-18)20-21(15-4-6-17(25)7-5-15)28-29-22(20)16-8-11-30(12-9-16)19(31)13-33-2/h4-7,14,16H,3,8-13H2,1-2H3,(H,26,32)(H,28,29). The first-order valence-corrected chi connectivity index (χ1v) is 12.2. The van der Waals surface area contributed by atoms with Crippen molar-refractivity contribution < 1.29 is 18.7 Å². The molecule has 1 fully saturated rings. The van der Waals surface area contributed by atoms with Crippen molar-refractivity contribution in [2.24, 2.45) is 0 Å². The van der Waals surface area contributed by atoms with Gasteiger partial charge in [-0.3, -0.25) is 14.7 Å². The maximum absolute atomic E-state index is 13.5. The van der Waals surface area contributed by atoms with Gasteiger partial charge in [-0.15, -0.1) is 11.3 Å². The number of halogens is 1. The Bertz CT molecular complexity index is 1140. The molecule has 0 spiro atoms. The molecule has 3 heterocycles. The Hall–Kier alpha value is -3.11. The molecule has 8 nitrogen and oxygen atoms in total. The molecular weight excluding hydrogens is 457 g/mol. The summed E-state index contributed by atoms with van der Waals surface area (Å²) in [5.74, 6) is -0.397. The molecule has 0 bridgehead atoms. The van der Waals surface area contributed by atoms with E-state index in [-0.39, 0.29) is 30.2 Å². The van der Waals surface area contributed by atoms with Crippen LogP contribution >= 0.6 is 11.3 Å². The number of benzene rings is 1. The molecular formula is C24H28FN5O3S. The van der Waals surface area contributed by atoms with E-state index in [2.05, 4.69) is 20.5 Å². The van der Waals surface area contributed by atoms with Gasteiger partial charge in [-0.25, -0.2) is 9.37 Å². The molecule has 0 aliphatic carbocycles. The number of ether oxygens (including phenoxy) is 1. The van der Waals surface area contributed by atoms with Crippen LogP contribution in [-0.4, -0.2) is 65.2 Å². The molecule has 1 aromatic carbocycles. The SMILES string of the molecule is CCCNC(=O)c1csc(-c2c(-c3ccc(F)cc3)n[nH]c2C2CCN(C(=O)COC)CC2)n1. The molecule has 10 heteroatoms. The summed E-state index contributed by atoms with van der Waals surface area (Å²) in [6.07, 6.45) is 2.38. The Morgan fingerprint density at radius 1 is 1.26 bits per heavy atom. The summed E-state index contributed by atoms with van der Waals surface area (Å²) in [6, 6.07) is 6.18. The maximum Gasteiger partial charge on any atom is 0.270 e. The number of amides is 2. The number of hydrogen-bond donors (Lipinski definition) is 2. The van der Waals surface area contributed by atoms with Crippen LogP contribution in [0.2, 0.25) is 0 Å². The van der Waals surface area contributed by atoms with Crippen LogP contribution < -0.4 is 5.32 Å². The number of hydrogen-bond acceptors (Lipinski definition) is 6. The Morgan fingerprint density at radius 3 is 2.68 bits per heavy atom. The fourth-order valence-corrected chi connectivity index (χ4v) is 5.00. The predicted octanol–water partition coefficient (Wildman–Crippen LogP) is 3.83. The summed E-state index contributed by atoms with van der Waals surface area (Å²) in [4.78, 5) is 31.1. The van der Waals surface area contributed by atoms with Gasteiger partial charge in [0.25, 0.3) is 5.91 Å². The van der Waals surface area contributed by atoms with Crippen LogP contribution in [0.4, 0.5) is 4.39 Å². The lowest BCUT2D eigenvalue weighted by molar-refractivity contribution is -0.136. The second kappa shape index (κ2) is 10.9. The van der Waals surface area contributed by atoms with E-state index >= 15 is 0 Å². The summed E-state index contributed by atoms with van der Waals surface area (Å²) in [7, 11) is 1.52. The number of nitrogens with one attached hydrogen (secondary N) is 2. The van der Waals surface area contributed by atoms with E-state index < -0.39 is 0 Å². The summed E-state index contributed by atoms with van der Waals surface area (Å²) < 4.78 is 18.5. The molecule has 1 aliphatic rings. The van der Waals surface area contributed by atoms with Crippen molar-refractivity contribution in [3.63, 3.8) is 0 Å². The molecule has 2 amide bonds. The minimum atomic E-state index is -0.321. The Labute approximate surface area is 201 Å². The number of thiazole rings is 1. The summed E-state index contributed by atoms with van der Waals surface area (Å²) >= 11 is 1.38. The quantitative estimate of drug-likeness (QED) is 0.505. The van der Waals surface area contributed by atoms with Crippen LogP contribution in [-0.2, 0) is 9.53 Å². The largest absolute Gasteiger partial charge is 0.375 e. The smallest absolute Gasteiger partial charge is 0.270 e. The lowest BCUT2D eigenvalue weighted by Crippen LogP contribution is -2.39. The van der Waals surface area contributed by atoms with Crippen LogP contribution in [0.15, 0.2) is 29.6 Å². The van der Waals surface area contributed by atoms with E-state index in [9.17, 15) is 14.0 Å². The van der Waals surface area contributed by atoms with Gasteiger partial charge in [0.2, 0.25) is 5.91 Å². The van der Waals surface area contributed by atoms with Crippen molar-refractivity contribution in [2.75, 3.05) is 33.4 Å². The van der Waals surface area contributed by atoms with Crippen LogP contribution in [0.5, 0.6) is 0 Å². The molecule has 4 rings (SSSR count). The highest BCUT2D eigenvalue weighted by atomic mass is 32.1. The molecule has 1 saturated heterocycles. The number of H-pyrrole nitrogens is 1. The van der Waals surface area contributed by atoms with E-state index in [1.54, 1.807) is 17.5 Å². The molecule has 0 unspecified atom stereocenters. The fraction of sp³-hybridized carbons (Fsp3) is 0.417. The van der Waals surface area contributed by atoms with Crippen molar-refractivity contribution in [3.05, 3.63) is 46.9 Å². The first-order valence-electron chi connectivity index (χ1n) is 11.4. The number of aromatic nitrogens is 3. The molecule has 0 atom stereocenters. The highest BCUT2D eigenvalue weighted by molar-refractivity contribution is 7.13. The molecule has 180 valence electrons.